The Bertz CT molecular complexity index is 1380. The smallest absolute Gasteiger partial charge is 0.358 e. The number of Topliss-reactive ketones (excluding diaryl/α,β-unsaturated/α-hetero) is 1. The van der Waals surface area contributed by atoms with E-state index in [-0.39, 0.29) is 24.8 Å². The van der Waals surface area contributed by atoms with Gasteiger partial charge in [-0.25, -0.2) is 9.78 Å². The first kappa shape index (κ1) is 22.7. The molecule has 0 radical (unpaired) electrons. The Morgan fingerprint density at radius 2 is 1.47 bits per heavy atom. The van der Waals surface area contributed by atoms with Gasteiger partial charge in [0.25, 0.3) is 5.56 Å². The van der Waals surface area contributed by atoms with Crippen LogP contribution in [0.3, 0.4) is 0 Å². The van der Waals surface area contributed by atoms with E-state index in [1.807, 2.05) is 60.7 Å². The summed E-state index contributed by atoms with van der Waals surface area (Å²) in [6.07, 6.45) is 0. The minimum atomic E-state index is -1.38. The fraction of sp³-hybridized carbons (Fsp3) is 0.111. The molecule has 0 saturated heterocycles. The van der Waals surface area contributed by atoms with Gasteiger partial charge in [0.1, 0.15) is 12.4 Å². The van der Waals surface area contributed by atoms with Crippen LogP contribution in [0, 0.1) is 6.92 Å². The number of aryl methyl sites for hydroxylation is 1. The van der Waals surface area contributed by atoms with E-state index in [4.69, 9.17) is 4.74 Å². The molecule has 0 atom stereocenters. The summed E-state index contributed by atoms with van der Waals surface area (Å²) < 4.78 is 6.71. The molecule has 0 aliphatic rings. The molecule has 170 valence electrons. The summed E-state index contributed by atoms with van der Waals surface area (Å²) in [4.78, 5) is 41.8. The number of hydrogen-bond acceptors (Lipinski definition) is 5. The number of rotatable bonds is 8. The van der Waals surface area contributed by atoms with Gasteiger partial charge in [0, 0.05) is 5.56 Å². The Labute approximate surface area is 195 Å². The van der Waals surface area contributed by atoms with Gasteiger partial charge in [-0.2, -0.15) is 0 Å². The Hall–Kier alpha value is -4.52. The molecule has 0 aliphatic heterocycles. The number of carboxylic acid groups (broad SMARTS) is 1. The molecule has 1 heterocycles. The summed E-state index contributed by atoms with van der Waals surface area (Å²) >= 11 is 0. The molecule has 4 aromatic rings. The van der Waals surface area contributed by atoms with Gasteiger partial charge >= 0.3 is 5.97 Å². The van der Waals surface area contributed by atoms with Gasteiger partial charge in [0.15, 0.2) is 11.5 Å². The Balaban J connectivity index is 1.60. The van der Waals surface area contributed by atoms with Crippen molar-refractivity contribution in [2.45, 2.75) is 20.1 Å². The third-order valence-electron chi connectivity index (χ3n) is 5.36. The van der Waals surface area contributed by atoms with Crippen LogP contribution in [0.4, 0.5) is 0 Å². The van der Waals surface area contributed by atoms with Crippen LogP contribution in [-0.4, -0.2) is 26.4 Å². The highest BCUT2D eigenvalue weighted by molar-refractivity contribution is 5.96. The summed E-state index contributed by atoms with van der Waals surface area (Å²) in [6.45, 7) is 1.19. The maximum absolute atomic E-state index is 13.1. The summed E-state index contributed by atoms with van der Waals surface area (Å²) in [5.74, 6) is -1.96. The van der Waals surface area contributed by atoms with Crippen LogP contribution in [0.2, 0.25) is 0 Å². The highest BCUT2D eigenvalue weighted by Gasteiger charge is 2.23. The van der Waals surface area contributed by atoms with E-state index in [0.717, 1.165) is 21.3 Å². The molecule has 34 heavy (non-hydrogen) atoms. The second-order valence-electron chi connectivity index (χ2n) is 7.67. The predicted molar refractivity (Wildman–Crippen MR) is 127 cm³/mol. The maximum atomic E-state index is 13.1. The normalized spacial score (nSPS) is 10.6. The van der Waals surface area contributed by atoms with Crippen molar-refractivity contribution in [1.82, 2.24) is 9.55 Å². The third kappa shape index (κ3) is 4.94. The molecule has 0 amide bonds. The number of aromatic nitrogens is 2. The van der Waals surface area contributed by atoms with Gasteiger partial charge in [0.2, 0.25) is 5.75 Å². The molecule has 4 rings (SSSR count). The van der Waals surface area contributed by atoms with Crippen LogP contribution in [0.5, 0.6) is 5.75 Å². The van der Waals surface area contributed by atoms with Crippen molar-refractivity contribution in [3.63, 3.8) is 0 Å². The molecule has 0 spiro atoms. The minimum absolute atomic E-state index is 0.00397. The van der Waals surface area contributed by atoms with Crippen LogP contribution in [-0.2, 0) is 13.2 Å². The van der Waals surface area contributed by atoms with Crippen LogP contribution in [0.1, 0.15) is 32.2 Å². The quantitative estimate of drug-likeness (QED) is 0.397. The fourth-order valence-electron chi connectivity index (χ4n) is 3.55. The molecular formula is C27H22N2O5. The topological polar surface area (TPSA) is 98.5 Å². The van der Waals surface area contributed by atoms with Crippen LogP contribution in [0.25, 0.3) is 11.1 Å². The van der Waals surface area contributed by atoms with Crippen molar-refractivity contribution in [3.8, 4) is 16.9 Å². The van der Waals surface area contributed by atoms with E-state index < -0.39 is 23.0 Å². The SMILES string of the molecule is Cc1nc(C(=O)O)c(OCc2ccccc2)c(=O)n1CC(=O)c1ccc(-c2ccccc2)cc1. The standard InChI is InChI=1S/C27H22N2O5/c1-18-28-24(27(32)33)25(34-17-19-8-4-2-5-9-19)26(31)29(18)16-23(30)22-14-12-21(13-15-22)20-10-6-3-7-11-20/h2-15H,16-17H2,1H3,(H,32,33). The molecule has 0 saturated carbocycles. The van der Waals surface area contributed by atoms with Gasteiger partial charge in [-0.1, -0.05) is 84.9 Å². The van der Waals surface area contributed by atoms with Gasteiger partial charge in [-0.15, -0.1) is 0 Å². The number of hydrogen-bond donors (Lipinski definition) is 1. The number of carbonyl (C=O) groups is 2. The van der Waals surface area contributed by atoms with E-state index in [1.54, 1.807) is 24.3 Å². The first-order valence-corrected chi connectivity index (χ1v) is 10.6. The number of ether oxygens (including phenoxy) is 1. The van der Waals surface area contributed by atoms with E-state index >= 15 is 0 Å². The molecule has 1 aromatic heterocycles. The number of aromatic carboxylic acids is 1. The Morgan fingerprint density at radius 3 is 2.09 bits per heavy atom. The molecule has 3 aromatic carbocycles. The summed E-state index contributed by atoms with van der Waals surface area (Å²) in [5, 5.41) is 9.52. The molecule has 0 aliphatic carbocycles. The first-order valence-electron chi connectivity index (χ1n) is 10.6. The number of carboxylic acids is 1. The first-order chi connectivity index (χ1) is 16.4. The zero-order valence-electron chi connectivity index (χ0n) is 18.5. The van der Waals surface area contributed by atoms with Crippen molar-refractivity contribution in [3.05, 3.63) is 118 Å². The molecule has 1 N–H and O–H groups in total. The van der Waals surface area contributed by atoms with Crippen molar-refractivity contribution < 1.29 is 19.4 Å². The molecule has 0 fully saturated rings. The molecule has 0 unspecified atom stereocenters. The monoisotopic (exact) mass is 454 g/mol. The number of carbonyl (C=O) groups excluding carboxylic acids is 1. The van der Waals surface area contributed by atoms with E-state index in [1.165, 1.54) is 6.92 Å². The lowest BCUT2D eigenvalue weighted by Crippen LogP contribution is -2.31. The number of nitrogens with zero attached hydrogens (tertiary/aromatic N) is 2. The second kappa shape index (κ2) is 9.95. The minimum Gasteiger partial charge on any atom is -0.481 e. The fourth-order valence-corrected chi connectivity index (χ4v) is 3.55. The average molecular weight is 454 g/mol. The largest absolute Gasteiger partial charge is 0.481 e. The molecular weight excluding hydrogens is 432 g/mol. The van der Waals surface area contributed by atoms with Gasteiger partial charge < -0.3 is 9.84 Å². The van der Waals surface area contributed by atoms with Crippen molar-refractivity contribution >= 4 is 11.8 Å². The Kier molecular flexibility index (Phi) is 6.64. The van der Waals surface area contributed by atoms with Gasteiger partial charge in [-0.05, 0) is 23.6 Å². The lowest BCUT2D eigenvalue weighted by atomic mass is 10.0. The number of ketones is 1. The zero-order chi connectivity index (χ0) is 24.1. The summed E-state index contributed by atoms with van der Waals surface area (Å²) in [7, 11) is 0. The lowest BCUT2D eigenvalue weighted by molar-refractivity contribution is 0.0683. The zero-order valence-corrected chi connectivity index (χ0v) is 18.5. The molecule has 0 bridgehead atoms. The third-order valence-corrected chi connectivity index (χ3v) is 5.36. The van der Waals surface area contributed by atoms with Crippen molar-refractivity contribution in [2.24, 2.45) is 0 Å². The molecule has 7 heteroatoms. The number of benzene rings is 3. The van der Waals surface area contributed by atoms with Gasteiger partial charge in [0.05, 0.1) is 6.54 Å². The van der Waals surface area contributed by atoms with Gasteiger partial charge in [-0.3, -0.25) is 14.2 Å². The summed E-state index contributed by atoms with van der Waals surface area (Å²) in [6, 6.07) is 25.9. The van der Waals surface area contributed by atoms with E-state index in [2.05, 4.69) is 4.98 Å². The molecule has 7 nitrogen and oxygen atoms in total. The van der Waals surface area contributed by atoms with Crippen LogP contribution in [0.15, 0.2) is 89.7 Å². The Morgan fingerprint density at radius 1 is 0.882 bits per heavy atom. The lowest BCUT2D eigenvalue weighted by Gasteiger charge is -2.14. The predicted octanol–water partition coefficient (Wildman–Crippen LogP) is 4.38. The highest BCUT2D eigenvalue weighted by Crippen LogP contribution is 2.20. The van der Waals surface area contributed by atoms with E-state index in [0.29, 0.717) is 5.56 Å². The van der Waals surface area contributed by atoms with E-state index in [9.17, 15) is 19.5 Å². The highest BCUT2D eigenvalue weighted by atomic mass is 16.5. The summed E-state index contributed by atoms with van der Waals surface area (Å²) in [5.41, 5.74) is 2.00. The van der Waals surface area contributed by atoms with Crippen molar-refractivity contribution in [1.29, 1.82) is 0 Å². The maximum Gasteiger partial charge on any atom is 0.358 e. The second-order valence-corrected chi connectivity index (χ2v) is 7.67. The van der Waals surface area contributed by atoms with Crippen LogP contribution < -0.4 is 10.3 Å². The van der Waals surface area contributed by atoms with Crippen LogP contribution >= 0.6 is 0 Å². The van der Waals surface area contributed by atoms with Crippen molar-refractivity contribution in [2.75, 3.05) is 0 Å². The average Bonchev–Trinajstić information content (AvgIpc) is 2.86.